The van der Waals surface area contributed by atoms with E-state index in [9.17, 15) is 5.26 Å². The summed E-state index contributed by atoms with van der Waals surface area (Å²) >= 11 is 1.96. The van der Waals surface area contributed by atoms with E-state index >= 15 is 0 Å². The lowest BCUT2D eigenvalue weighted by molar-refractivity contribution is 0.383. The summed E-state index contributed by atoms with van der Waals surface area (Å²) in [7, 11) is 0. The van der Waals surface area contributed by atoms with E-state index in [1.165, 1.54) is 12.2 Å². The van der Waals surface area contributed by atoms with E-state index in [1.807, 2.05) is 11.8 Å². The molecule has 13 heavy (non-hydrogen) atoms. The minimum Gasteiger partial charge on any atom is -0.198 e. The normalized spacial score (nSPS) is 33.2. The highest BCUT2D eigenvalue weighted by Gasteiger charge is 2.36. The zero-order chi connectivity index (χ0) is 9.73. The number of nitriles is 1. The number of hydrogen-bond donors (Lipinski definition) is 0. The average Bonchev–Trinajstić information content (AvgIpc) is 2.49. The summed E-state index contributed by atoms with van der Waals surface area (Å²) in [6.07, 6.45) is 4.62. The molecular formula is C11H19NS. The van der Waals surface area contributed by atoms with Crippen LogP contribution in [0.4, 0.5) is 0 Å². The zero-order valence-electron chi connectivity index (χ0n) is 8.68. The third-order valence-electron chi connectivity index (χ3n) is 3.02. The largest absolute Gasteiger partial charge is 0.198 e. The van der Waals surface area contributed by atoms with Crippen molar-refractivity contribution in [3.8, 4) is 6.07 Å². The topological polar surface area (TPSA) is 23.8 Å². The van der Waals surface area contributed by atoms with E-state index in [0.29, 0.717) is 0 Å². The molecule has 0 saturated heterocycles. The molecule has 0 aromatic rings. The minimum atomic E-state index is 0.0432. The Bertz CT molecular complexity index is 197. The fourth-order valence-electron chi connectivity index (χ4n) is 2.19. The standard InChI is InChI=1S/C11H19NS/c1-3-13-7-6-11(9-12)5-4-10(2)8-11/h10H,3-8H2,1-2H3. The van der Waals surface area contributed by atoms with Gasteiger partial charge in [-0.05, 0) is 43.1 Å². The predicted molar refractivity (Wildman–Crippen MR) is 58.7 cm³/mol. The molecule has 0 spiro atoms. The number of nitrogens with zero attached hydrogens (tertiary/aromatic N) is 1. The molecule has 2 unspecified atom stereocenters. The molecule has 1 rings (SSSR count). The highest BCUT2D eigenvalue weighted by molar-refractivity contribution is 7.99. The Hall–Kier alpha value is -0.160. The van der Waals surface area contributed by atoms with Crippen molar-refractivity contribution in [1.29, 1.82) is 5.26 Å². The van der Waals surface area contributed by atoms with Crippen LogP contribution in [0.5, 0.6) is 0 Å². The molecule has 2 atom stereocenters. The van der Waals surface area contributed by atoms with E-state index in [1.54, 1.807) is 0 Å². The van der Waals surface area contributed by atoms with Crippen LogP contribution in [0.25, 0.3) is 0 Å². The van der Waals surface area contributed by atoms with Crippen LogP contribution in [-0.4, -0.2) is 11.5 Å². The summed E-state index contributed by atoms with van der Waals surface area (Å²) in [6, 6.07) is 2.55. The first-order valence-electron chi connectivity index (χ1n) is 5.21. The summed E-state index contributed by atoms with van der Waals surface area (Å²) in [6.45, 7) is 4.45. The van der Waals surface area contributed by atoms with Gasteiger partial charge < -0.3 is 0 Å². The van der Waals surface area contributed by atoms with Crippen LogP contribution < -0.4 is 0 Å². The first kappa shape index (κ1) is 10.9. The molecule has 0 radical (unpaired) electrons. The maximum absolute atomic E-state index is 9.17. The van der Waals surface area contributed by atoms with Crippen LogP contribution >= 0.6 is 11.8 Å². The van der Waals surface area contributed by atoms with Crippen LogP contribution in [0.3, 0.4) is 0 Å². The fourth-order valence-corrected chi connectivity index (χ4v) is 3.01. The monoisotopic (exact) mass is 197 g/mol. The molecule has 1 saturated carbocycles. The Labute approximate surface area is 85.9 Å². The molecule has 0 aliphatic heterocycles. The maximum Gasteiger partial charge on any atom is 0.0690 e. The minimum absolute atomic E-state index is 0.0432. The van der Waals surface area contributed by atoms with Gasteiger partial charge in [-0.15, -0.1) is 0 Å². The SMILES string of the molecule is CCSCCC1(C#N)CCC(C)C1. The van der Waals surface area contributed by atoms with Gasteiger partial charge in [0.05, 0.1) is 11.5 Å². The predicted octanol–water partition coefficient (Wildman–Crippen LogP) is 3.46. The van der Waals surface area contributed by atoms with Crippen molar-refractivity contribution in [1.82, 2.24) is 0 Å². The van der Waals surface area contributed by atoms with Crippen molar-refractivity contribution in [2.75, 3.05) is 11.5 Å². The second-order valence-electron chi connectivity index (χ2n) is 4.19. The summed E-state index contributed by atoms with van der Waals surface area (Å²) in [5.74, 6) is 3.11. The van der Waals surface area contributed by atoms with Crippen LogP contribution in [0, 0.1) is 22.7 Å². The molecule has 1 aliphatic rings. The highest BCUT2D eigenvalue weighted by atomic mass is 32.2. The molecule has 0 aromatic heterocycles. The van der Waals surface area contributed by atoms with Gasteiger partial charge in [-0.3, -0.25) is 0 Å². The fraction of sp³-hybridized carbons (Fsp3) is 0.909. The molecule has 0 amide bonds. The van der Waals surface area contributed by atoms with Crippen LogP contribution in [-0.2, 0) is 0 Å². The Morgan fingerprint density at radius 2 is 2.38 bits per heavy atom. The van der Waals surface area contributed by atoms with Gasteiger partial charge in [-0.25, -0.2) is 0 Å². The third kappa shape index (κ3) is 2.91. The van der Waals surface area contributed by atoms with Gasteiger partial charge >= 0.3 is 0 Å². The lowest BCUT2D eigenvalue weighted by Crippen LogP contribution is -2.15. The molecule has 0 heterocycles. The Morgan fingerprint density at radius 3 is 2.85 bits per heavy atom. The van der Waals surface area contributed by atoms with Crippen LogP contribution in [0.15, 0.2) is 0 Å². The maximum atomic E-state index is 9.17. The van der Waals surface area contributed by atoms with Crippen molar-refractivity contribution < 1.29 is 0 Å². The summed E-state index contributed by atoms with van der Waals surface area (Å²) in [5, 5.41) is 9.17. The second kappa shape index (κ2) is 4.91. The third-order valence-corrected chi connectivity index (χ3v) is 3.92. The summed E-state index contributed by atoms with van der Waals surface area (Å²) in [5.41, 5.74) is 0.0432. The van der Waals surface area contributed by atoms with Crippen LogP contribution in [0.1, 0.15) is 39.5 Å². The molecule has 74 valence electrons. The van der Waals surface area contributed by atoms with E-state index in [-0.39, 0.29) is 5.41 Å². The molecule has 1 aliphatic carbocycles. The summed E-state index contributed by atoms with van der Waals surface area (Å²) in [4.78, 5) is 0. The van der Waals surface area contributed by atoms with Gasteiger partial charge in [0.2, 0.25) is 0 Å². The smallest absolute Gasteiger partial charge is 0.0690 e. The lowest BCUT2D eigenvalue weighted by atomic mass is 9.84. The van der Waals surface area contributed by atoms with E-state index in [2.05, 4.69) is 19.9 Å². The van der Waals surface area contributed by atoms with Gasteiger partial charge in [0, 0.05) is 0 Å². The molecule has 2 heteroatoms. The van der Waals surface area contributed by atoms with E-state index in [4.69, 9.17) is 0 Å². The van der Waals surface area contributed by atoms with Gasteiger partial charge in [-0.1, -0.05) is 13.8 Å². The van der Waals surface area contributed by atoms with Crippen molar-refractivity contribution >= 4 is 11.8 Å². The quantitative estimate of drug-likeness (QED) is 0.644. The van der Waals surface area contributed by atoms with E-state index < -0.39 is 0 Å². The van der Waals surface area contributed by atoms with E-state index in [0.717, 1.165) is 30.9 Å². The molecule has 0 bridgehead atoms. The van der Waals surface area contributed by atoms with Crippen molar-refractivity contribution in [3.05, 3.63) is 0 Å². The van der Waals surface area contributed by atoms with Crippen molar-refractivity contribution in [2.24, 2.45) is 11.3 Å². The summed E-state index contributed by atoms with van der Waals surface area (Å²) < 4.78 is 0. The van der Waals surface area contributed by atoms with Gasteiger partial charge in [0.1, 0.15) is 0 Å². The molecule has 0 N–H and O–H groups in total. The highest BCUT2D eigenvalue weighted by Crippen LogP contribution is 2.44. The molecule has 1 fully saturated rings. The van der Waals surface area contributed by atoms with Gasteiger partial charge in [0.15, 0.2) is 0 Å². The Balaban J connectivity index is 2.38. The zero-order valence-corrected chi connectivity index (χ0v) is 9.49. The second-order valence-corrected chi connectivity index (χ2v) is 5.58. The average molecular weight is 197 g/mol. The van der Waals surface area contributed by atoms with Crippen molar-refractivity contribution in [2.45, 2.75) is 39.5 Å². The molecule has 1 nitrogen and oxygen atoms in total. The number of thioether (sulfide) groups is 1. The van der Waals surface area contributed by atoms with Gasteiger partial charge in [0.25, 0.3) is 0 Å². The van der Waals surface area contributed by atoms with Gasteiger partial charge in [-0.2, -0.15) is 17.0 Å². The molecular weight excluding hydrogens is 178 g/mol. The first-order chi connectivity index (χ1) is 6.22. The first-order valence-corrected chi connectivity index (χ1v) is 6.37. The van der Waals surface area contributed by atoms with Crippen molar-refractivity contribution in [3.63, 3.8) is 0 Å². The Kier molecular flexibility index (Phi) is 4.12. The lowest BCUT2D eigenvalue weighted by Gasteiger charge is -2.19. The Morgan fingerprint density at radius 1 is 1.62 bits per heavy atom. The van der Waals surface area contributed by atoms with Crippen LogP contribution in [0.2, 0.25) is 0 Å². The molecule has 0 aromatic carbocycles. The number of hydrogen-bond acceptors (Lipinski definition) is 2. The number of rotatable bonds is 4.